The van der Waals surface area contributed by atoms with Gasteiger partial charge in [0.15, 0.2) is 18.9 Å². The molecule has 0 amide bonds. The predicted octanol–water partition coefficient (Wildman–Crippen LogP) is 4.66. The molecular formula is C20H17BrNO+. The summed E-state index contributed by atoms with van der Waals surface area (Å²) in [6.07, 6.45) is 8.18. The lowest BCUT2D eigenvalue weighted by Gasteiger charge is -1.99. The summed E-state index contributed by atoms with van der Waals surface area (Å²) in [4.78, 5) is 0. The van der Waals surface area contributed by atoms with Crippen LogP contribution in [0, 0.1) is 0 Å². The molecule has 0 fully saturated rings. The molecule has 0 spiro atoms. The van der Waals surface area contributed by atoms with Crippen molar-refractivity contribution in [3.8, 4) is 5.75 Å². The van der Waals surface area contributed by atoms with Gasteiger partial charge in [0.1, 0.15) is 5.75 Å². The SMILES string of the molecule is Oc1cccc(/C=C/c2cc[n+](Cc3cccc(Br)c3)cc2)c1. The Morgan fingerprint density at radius 2 is 1.61 bits per heavy atom. The molecule has 114 valence electrons. The number of pyridine rings is 1. The molecule has 1 aromatic heterocycles. The number of halogens is 1. The second-order valence-electron chi connectivity index (χ2n) is 5.36. The van der Waals surface area contributed by atoms with Gasteiger partial charge in [-0.05, 0) is 35.4 Å². The van der Waals surface area contributed by atoms with Crippen molar-refractivity contribution in [3.63, 3.8) is 0 Å². The first-order valence-corrected chi connectivity index (χ1v) is 8.19. The molecular weight excluding hydrogens is 350 g/mol. The van der Waals surface area contributed by atoms with E-state index >= 15 is 0 Å². The highest BCUT2D eigenvalue weighted by atomic mass is 79.9. The Bertz CT molecular complexity index is 825. The van der Waals surface area contributed by atoms with E-state index in [2.05, 4.69) is 57.2 Å². The van der Waals surface area contributed by atoms with Crippen LogP contribution >= 0.6 is 15.9 Å². The van der Waals surface area contributed by atoms with Crippen molar-refractivity contribution >= 4 is 28.1 Å². The Hall–Kier alpha value is -2.39. The minimum atomic E-state index is 0.284. The maximum absolute atomic E-state index is 9.47. The number of hydrogen-bond acceptors (Lipinski definition) is 1. The highest BCUT2D eigenvalue weighted by Gasteiger charge is 2.02. The van der Waals surface area contributed by atoms with E-state index in [0.29, 0.717) is 0 Å². The number of phenolic OH excluding ortho intramolecular Hbond substituents is 1. The van der Waals surface area contributed by atoms with Gasteiger partial charge in [-0.3, -0.25) is 0 Å². The molecule has 1 heterocycles. The van der Waals surface area contributed by atoms with Gasteiger partial charge in [0.25, 0.3) is 0 Å². The Morgan fingerprint density at radius 3 is 2.35 bits per heavy atom. The van der Waals surface area contributed by atoms with Gasteiger partial charge < -0.3 is 5.11 Å². The molecule has 0 aliphatic heterocycles. The van der Waals surface area contributed by atoms with Gasteiger partial charge >= 0.3 is 0 Å². The van der Waals surface area contributed by atoms with Crippen LogP contribution < -0.4 is 4.57 Å². The molecule has 1 N–H and O–H groups in total. The first kappa shape index (κ1) is 15.5. The van der Waals surface area contributed by atoms with E-state index in [0.717, 1.165) is 22.1 Å². The van der Waals surface area contributed by atoms with Crippen molar-refractivity contribution < 1.29 is 9.67 Å². The molecule has 2 nitrogen and oxygen atoms in total. The van der Waals surface area contributed by atoms with E-state index in [-0.39, 0.29) is 5.75 Å². The maximum atomic E-state index is 9.47. The number of benzene rings is 2. The zero-order chi connectivity index (χ0) is 16.1. The molecule has 2 aromatic carbocycles. The summed E-state index contributed by atoms with van der Waals surface area (Å²) in [6, 6.07) is 19.7. The lowest BCUT2D eigenvalue weighted by Crippen LogP contribution is -2.33. The zero-order valence-corrected chi connectivity index (χ0v) is 14.1. The number of hydrogen-bond donors (Lipinski definition) is 1. The van der Waals surface area contributed by atoms with Gasteiger partial charge in [-0.1, -0.05) is 52.3 Å². The highest BCUT2D eigenvalue weighted by molar-refractivity contribution is 9.10. The van der Waals surface area contributed by atoms with Crippen LogP contribution in [0.5, 0.6) is 5.75 Å². The summed E-state index contributed by atoms with van der Waals surface area (Å²) in [5.74, 6) is 0.284. The van der Waals surface area contributed by atoms with Crippen molar-refractivity contribution in [2.75, 3.05) is 0 Å². The Balaban J connectivity index is 1.69. The molecule has 3 rings (SSSR count). The molecule has 3 heteroatoms. The average molecular weight is 367 g/mol. The molecule has 0 bridgehead atoms. The fourth-order valence-electron chi connectivity index (χ4n) is 2.35. The van der Waals surface area contributed by atoms with Gasteiger partial charge in [0.2, 0.25) is 0 Å². The van der Waals surface area contributed by atoms with E-state index in [9.17, 15) is 5.11 Å². The summed E-state index contributed by atoms with van der Waals surface area (Å²) >= 11 is 3.50. The van der Waals surface area contributed by atoms with E-state index in [4.69, 9.17) is 0 Å². The Labute approximate surface area is 144 Å². The normalized spacial score (nSPS) is 11.0. The molecule has 0 aliphatic carbocycles. The Morgan fingerprint density at radius 1 is 0.870 bits per heavy atom. The third-order valence-electron chi connectivity index (χ3n) is 3.51. The second kappa shape index (κ2) is 7.25. The van der Waals surface area contributed by atoms with Gasteiger partial charge in [-0.25, -0.2) is 4.57 Å². The molecule has 3 aromatic rings. The summed E-state index contributed by atoms with van der Waals surface area (Å²) < 4.78 is 3.24. The first-order valence-electron chi connectivity index (χ1n) is 7.40. The van der Waals surface area contributed by atoms with E-state index in [1.807, 2.05) is 36.4 Å². The zero-order valence-electron chi connectivity index (χ0n) is 12.6. The van der Waals surface area contributed by atoms with Gasteiger partial charge in [0, 0.05) is 22.2 Å². The smallest absolute Gasteiger partial charge is 0.173 e. The van der Waals surface area contributed by atoms with Crippen LogP contribution in [0.1, 0.15) is 16.7 Å². The number of aromatic nitrogens is 1. The van der Waals surface area contributed by atoms with E-state index in [1.54, 1.807) is 12.1 Å². The summed E-state index contributed by atoms with van der Waals surface area (Å²) in [7, 11) is 0. The van der Waals surface area contributed by atoms with Crippen LogP contribution in [0.25, 0.3) is 12.2 Å². The lowest BCUT2D eigenvalue weighted by molar-refractivity contribution is -0.688. The molecule has 0 saturated heterocycles. The lowest BCUT2D eigenvalue weighted by atomic mass is 10.1. The molecule has 0 aliphatic rings. The van der Waals surface area contributed by atoms with Gasteiger partial charge in [-0.15, -0.1) is 0 Å². The standard InChI is InChI=1S/C20H16BrNO/c21-19-5-1-4-18(13-19)15-22-11-9-16(10-12-22)7-8-17-3-2-6-20(23)14-17/h1-14H,15H2/p+1/b8-7+. The molecule has 23 heavy (non-hydrogen) atoms. The van der Waals surface area contributed by atoms with Gasteiger partial charge in [0.05, 0.1) is 0 Å². The van der Waals surface area contributed by atoms with Crippen LogP contribution in [0.2, 0.25) is 0 Å². The summed E-state index contributed by atoms with van der Waals surface area (Å²) in [5.41, 5.74) is 3.36. The topological polar surface area (TPSA) is 24.1 Å². The minimum Gasteiger partial charge on any atom is -0.508 e. The first-order chi connectivity index (χ1) is 11.2. The highest BCUT2D eigenvalue weighted by Crippen LogP contribution is 2.14. The van der Waals surface area contributed by atoms with E-state index in [1.165, 1.54) is 5.56 Å². The average Bonchev–Trinajstić information content (AvgIpc) is 2.54. The number of nitrogens with zero attached hydrogens (tertiary/aromatic N) is 1. The molecule has 0 atom stereocenters. The summed E-state index contributed by atoms with van der Waals surface area (Å²) in [5, 5.41) is 9.47. The van der Waals surface area contributed by atoms with Crippen LogP contribution in [0.3, 0.4) is 0 Å². The number of phenols is 1. The van der Waals surface area contributed by atoms with Crippen molar-refractivity contribution in [3.05, 3.63) is 94.2 Å². The van der Waals surface area contributed by atoms with Crippen molar-refractivity contribution in [2.45, 2.75) is 6.54 Å². The van der Waals surface area contributed by atoms with Crippen LogP contribution in [-0.4, -0.2) is 5.11 Å². The fourth-order valence-corrected chi connectivity index (χ4v) is 2.80. The molecule has 0 saturated carbocycles. The van der Waals surface area contributed by atoms with Crippen LogP contribution in [-0.2, 0) is 6.54 Å². The van der Waals surface area contributed by atoms with E-state index < -0.39 is 0 Å². The Kier molecular flexibility index (Phi) is 4.89. The molecule has 0 radical (unpaired) electrons. The van der Waals surface area contributed by atoms with Crippen LogP contribution in [0.15, 0.2) is 77.5 Å². The third kappa shape index (κ3) is 4.54. The summed E-state index contributed by atoms with van der Waals surface area (Å²) in [6.45, 7) is 0.843. The predicted molar refractivity (Wildman–Crippen MR) is 96.9 cm³/mol. The van der Waals surface area contributed by atoms with Crippen molar-refractivity contribution in [1.82, 2.24) is 0 Å². The van der Waals surface area contributed by atoms with Crippen molar-refractivity contribution in [2.24, 2.45) is 0 Å². The second-order valence-corrected chi connectivity index (χ2v) is 6.28. The minimum absolute atomic E-state index is 0.284. The molecule has 0 unspecified atom stereocenters. The van der Waals surface area contributed by atoms with Gasteiger partial charge in [-0.2, -0.15) is 0 Å². The maximum Gasteiger partial charge on any atom is 0.173 e. The quantitative estimate of drug-likeness (QED) is 0.667. The largest absolute Gasteiger partial charge is 0.508 e. The van der Waals surface area contributed by atoms with Crippen molar-refractivity contribution in [1.29, 1.82) is 0 Å². The number of rotatable bonds is 4. The van der Waals surface area contributed by atoms with Crippen LogP contribution in [0.4, 0.5) is 0 Å². The third-order valence-corrected chi connectivity index (χ3v) is 4.00. The fraction of sp³-hybridized carbons (Fsp3) is 0.0500. The monoisotopic (exact) mass is 366 g/mol. The number of aromatic hydroxyl groups is 1.